The number of hydrogen-bond acceptors (Lipinski definition) is 2. The Morgan fingerprint density at radius 2 is 2.11 bits per heavy atom. The maximum Gasteiger partial charge on any atom is 0.160 e. The minimum Gasteiger partial charge on any atom is -0.385 e. The number of anilines is 1. The van der Waals surface area contributed by atoms with E-state index in [1.165, 1.54) is 17.5 Å². The van der Waals surface area contributed by atoms with E-state index in [1.54, 1.807) is 6.92 Å². The molecule has 0 amide bonds. The molecule has 0 aliphatic carbocycles. The maximum absolute atomic E-state index is 11.7. The van der Waals surface area contributed by atoms with Gasteiger partial charge in [-0.2, -0.15) is 0 Å². The van der Waals surface area contributed by atoms with Crippen molar-refractivity contribution in [2.45, 2.75) is 52.4 Å². The van der Waals surface area contributed by atoms with Crippen molar-refractivity contribution in [1.82, 2.24) is 0 Å². The predicted octanol–water partition coefficient (Wildman–Crippen LogP) is 3.93. The fraction of sp³-hybridized carbons (Fsp3) is 0.562. The number of rotatable bonds is 3. The van der Waals surface area contributed by atoms with E-state index in [9.17, 15) is 4.79 Å². The molecule has 1 aromatic carbocycles. The zero-order valence-corrected chi connectivity index (χ0v) is 11.9. The summed E-state index contributed by atoms with van der Waals surface area (Å²) in [5, 5.41) is 3.45. The lowest BCUT2D eigenvalue weighted by atomic mass is 9.73. The van der Waals surface area contributed by atoms with Crippen molar-refractivity contribution < 1.29 is 4.79 Å². The molecule has 0 bridgehead atoms. The first-order valence-electron chi connectivity index (χ1n) is 6.94. The van der Waals surface area contributed by atoms with Crippen LogP contribution in [0.4, 0.5) is 5.69 Å². The molecule has 1 aliphatic heterocycles. The number of aryl methyl sites for hydroxylation is 1. The second-order valence-electron chi connectivity index (χ2n) is 5.56. The highest BCUT2D eigenvalue weighted by atomic mass is 16.1. The molecule has 0 aromatic heterocycles. The van der Waals surface area contributed by atoms with Gasteiger partial charge in [0.1, 0.15) is 0 Å². The molecule has 2 heteroatoms. The van der Waals surface area contributed by atoms with Crippen molar-refractivity contribution >= 4 is 11.5 Å². The zero-order valence-electron chi connectivity index (χ0n) is 11.9. The van der Waals surface area contributed by atoms with Crippen LogP contribution >= 0.6 is 0 Å². The normalized spacial score (nSPS) is 22.2. The van der Waals surface area contributed by atoms with Crippen LogP contribution in [0.3, 0.4) is 0 Å². The molecule has 1 aromatic rings. The molecule has 1 aliphatic rings. The SMILES string of the molecule is CCc1cc2c(cc1C(C)=O)NCCC2(C)CC. The van der Waals surface area contributed by atoms with Gasteiger partial charge in [0.15, 0.2) is 5.78 Å². The minimum atomic E-state index is 0.167. The van der Waals surface area contributed by atoms with Gasteiger partial charge in [0, 0.05) is 17.8 Å². The smallest absolute Gasteiger partial charge is 0.160 e. The summed E-state index contributed by atoms with van der Waals surface area (Å²) in [4.78, 5) is 11.7. The summed E-state index contributed by atoms with van der Waals surface area (Å²) in [6.45, 7) is 9.36. The fourth-order valence-corrected chi connectivity index (χ4v) is 2.89. The van der Waals surface area contributed by atoms with Gasteiger partial charge < -0.3 is 5.32 Å². The number of carbonyl (C=O) groups excluding carboxylic acids is 1. The lowest BCUT2D eigenvalue weighted by Crippen LogP contribution is -2.31. The molecule has 2 nitrogen and oxygen atoms in total. The van der Waals surface area contributed by atoms with Gasteiger partial charge in [-0.1, -0.05) is 26.8 Å². The maximum atomic E-state index is 11.7. The number of nitrogens with one attached hydrogen (secondary N) is 1. The number of ketones is 1. The number of benzene rings is 1. The van der Waals surface area contributed by atoms with Crippen LogP contribution in [0.25, 0.3) is 0 Å². The second-order valence-corrected chi connectivity index (χ2v) is 5.56. The average molecular weight is 245 g/mol. The summed E-state index contributed by atoms with van der Waals surface area (Å²) in [7, 11) is 0. The van der Waals surface area contributed by atoms with E-state index < -0.39 is 0 Å². The lowest BCUT2D eigenvalue weighted by molar-refractivity contribution is 0.101. The molecule has 1 heterocycles. The Morgan fingerprint density at radius 3 is 2.67 bits per heavy atom. The van der Waals surface area contributed by atoms with Gasteiger partial charge in [-0.15, -0.1) is 0 Å². The van der Waals surface area contributed by atoms with Crippen molar-refractivity contribution in [3.05, 3.63) is 28.8 Å². The van der Waals surface area contributed by atoms with Crippen molar-refractivity contribution in [2.24, 2.45) is 0 Å². The Bertz CT molecular complexity index is 478. The van der Waals surface area contributed by atoms with Crippen molar-refractivity contribution in [3.63, 3.8) is 0 Å². The summed E-state index contributed by atoms with van der Waals surface area (Å²) in [5.74, 6) is 0.167. The Kier molecular flexibility index (Phi) is 3.47. The van der Waals surface area contributed by atoms with Crippen LogP contribution in [0, 0.1) is 0 Å². The third kappa shape index (κ3) is 2.05. The molecule has 0 saturated heterocycles. The van der Waals surface area contributed by atoms with Gasteiger partial charge >= 0.3 is 0 Å². The van der Waals surface area contributed by atoms with Gasteiger partial charge in [-0.25, -0.2) is 0 Å². The first-order valence-corrected chi connectivity index (χ1v) is 6.94. The number of fused-ring (bicyclic) bond motifs is 1. The van der Waals surface area contributed by atoms with Crippen LogP contribution in [0.5, 0.6) is 0 Å². The molecule has 98 valence electrons. The van der Waals surface area contributed by atoms with Crippen molar-refractivity contribution in [3.8, 4) is 0 Å². The Labute approximate surface area is 110 Å². The molecular weight excluding hydrogens is 222 g/mol. The summed E-state index contributed by atoms with van der Waals surface area (Å²) < 4.78 is 0. The summed E-state index contributed by atoms with van der Waals surface area (Å²) >= 11 is 0. The lowest BCUT2D eigenvalue weighted by Gasteiger charge is -2.36. The third-order valence-electron chi connectivity index (χ3n) is 4.43. The van der Waals surface area contributed by atoms with E-state index >= 15 is 0 Å². The highest BCUT2D eigenvalue weighted by Gasteiger charge is 2.31. The number of Topliss-reactive ketones (excluding diaryl/α,β-unsaturated/α-hetero) is 1. The standard InChI is InChI=1S/C16H23NO/c1-5-12-9-14-15(10-13(12)11(3)18)17-8-7-16(14,4)6-2/h9-10,17H,5-8H2,1-4H3. The summed E-state index contributed by atoms with van der Waals surface area (Å²) in [6.07, 6.45) is 3.23. The van der Waals surface area contributed by atoms with Gasteiger partial charge in [-0.3, -0.25) is 4.79 Å². The monoisotopic (exact) mass is 245 g/mol. The topological polar surface area (TPSA) is 29.1 Å². The van der Waals surface area contributed by atoms with Gasteiger partial charge in [-0.05, 0) is 48.8 Å². The van der Waals surface area contributed by atoms with Crippen LogP contribution < -0.4 is 5.32 Å². The third-order valence-corrected chi connectivity index (χ3v) is 4.43. The van der Waals surface area contributed by atoms with Crippen molar-refractivity contribution in [2.75, 3.05) is 11.9 Å². The fourth-order valence-electron chi connectivity index (χ4n) is 2.89. The largest absolute Gasteiger partial charge is 0.385 e. The zero-order chi connectivity index (χ0) is 13.3. The molecule has 0 radical (unpaired) electrons. The molecule has 0 fully saturated rings. The molecule has 1 N–H and O–H groups in total. The van der Waals surface area contributed by atoms with E-state index in [0.29, 0.717) is 0 Å². The Balaban J connectivity index is 2.61. The number of hydrogen-bond donors (Lipinski definition) is 1. The van der Waals surface area contributed by atoms with Crippen LogP contribution in [-0.4, -0.2) is 12.3 Å². The number of carbonyl (C=O) groups is 1. The van der Waals surface area contributed by atoms with E-state index in [0.717, 1.165) is 30.6 Å². The first kappa shape index (κ1) is 13.1. The molecule has 1 atom stereocenters. The molecule has 0 spiro atoms. The summed E-state index contributed by atoms with van der Waals surface area (Å²) in [5.41, 5.74) is 4.86. The average Bonchev–Trinajstić information content (AvgIpc) is 2.37. The summed E-state index contributed by atoms with van der Waals surface area (Å²) in [6, 6.07) is 4.31. The van der Waals surface area contributed by atoms with E-state index in [1.807, 2.05) is 0 Å². The van der Waals surface area contributed by atoms with Crippen LogP contribution in [0.2, 0.25) is 0 Å². The van der Waals surface area contributed by atoms with Crippen molar-refractivity contribution in [1.29, 1.82) is 0 Å². The van der Waals surface area contributed by atoms with Crippen LogP contribution in [-0.2, 0) is 11.8 Å². The first-order chi connectivity index (χ1) is 8.51. The molecule has 0 saturated carbocycles. The van der Waals surface area contributed by atoms with E-state index in [2.05, 4.69) is 38.2 Å². The van der Waals surface area contributed by atoms with Gasteiger partial charge in [0.05, 0.1) is 0 Å². The predicted molar refractivity (Wildman–Crippen MR) is 76.6 cm³/mol. The van der Waals surface area contributed by atoms with Crippen LogP contribution in [0.15, 0.2) is 12.1 Å². The highest BCUT2D eigenvalue weighted by molar-refractivity contribution is 5.97. The van der Waals surface area contributed by atoms with Gasteiger partial charge in [0.25, 0.3) is 0 Å². The van der Waals surface area contributed by atoms with E-state index in [-0.39, 0.29) is 11.2 Å². The Morgan fingerprint density at radius 1 is 1.39 bits per heavy atom. The van der Waals surface area contributed by atoms with Gasteiger partial charge in [0.2, 0.25) is 0 Å². The second kappa shape index (κ2) is 4.75. The molecule has 2 rings (SSSR count). The molecule has 1 unspecified atom stereocenters. The minimum absolute atomic E-state index is 0.167. The van der Waals surface area contributed by atoms with E-state index in [4.69, 9.17) is 0 Å². The quantitative estimate of drug-likeness (QED) is 0.817. The van der Waals surface area contributed by atoms with Crippen LogP contribution in [0.1, 0.15) is 62.0 Å². The highest BCUT2D eigenvalue weighted by Crippen LogP contribution is 2.40. The Hall–Kier alpha value is -1.31. The molecule has 18 heavy (non-hydrogen) atoms. The molecular formula is C16H23NO.